The first-order valence-corrected chi connectivity index (χ1v) is 6.68. The number of furan rings is 1. The molecule has 0 spiro atoms. The van der Waals surface area contributed by atoms with Crippen LogP contribution in [0.25, 0.3) is 0 Å². The highest BCUT2D eigenvalue weighted by Crippen LogP contribution is 2.26. The van der Waals surface area contributed by atoms with Crippen LogP contribution in [0, 0.1) is 0 Å². The van der Waals surface area contributed by atoms with E-state index in [0.29, 0.717) is 5.88 Å². The molecule has 0 unspecified atom stereocenters. The van der Waals surface area contributed by atoms with Crippen LogP contribution in [-0.2, 0) is 9.05 Å². The summed E-state index contributed by atoms with van der Waals surface area (Å²) in [6, 6.07) is 3.02. The van der Waals surface area contributed by atoms with E-state index in [2.05, 4.69) is 0 Å². The Kier molecular flexibility index (Phi) is 2.45. The summed E-state index contributed by atoms with van der Waals surface area (Å²) < 4.78 is 27.0. The van der Waals surface area contributed by atoms with Gasteiger partial charge in [-0.25, -0.2) is 8.42 Å². The van der Waals surface area contributed by atoms with E-state index >= 15 is 0 Å². The van der Waals surface area contributed by atoms with E-state index in [9.17, 15) is 8.42 Å². The first-order valence-electron chi connectivity index (χ1n) is 4.37. The predicted octanol–water partition coefficient (Wildman–Crippen LogP) is 1.81. The molecule has 78 valence electrons. The molecule has 0 saturated carbocycles. The normalized spacial score (nSPS) is 17.6. The molecule has 0 aliphatic carbocycles. The van der Waals surface area contributed by atoms with Crippen molar-refractivity contribution >= 4 is 25.6 Å². The van der Waals surface area contributed by atoms with Crippen molar-refractivity contribution in [3.63, 3.8) is 0 Å². The van der Waals surface area contributed by atoms with Gasteiger partial charge in [-0.3, -0.25) is 0 Å². The molecule has 1 aromatic heterocycles. The zero-order valence-corrected chi connectivity index (χ0v) is 9.01. The molecule has 0 bridgehead atoms. The van der Waals surface area contributed by atoms with E-state index in [1.807, 2.05) is 4.90 Å². The third kappa shape index (κ3) is 1.88. The predicted molar refractivity (Wildman–Crippen MR) is 53.2 cm³/mol. The van der Waals surface area contributed by atoms with E-state index in [1.165, 1.54) is 6.07 Å². The first kappa shape index (κ1) is 9.86. The van der Waals surface area contributed by atoms with Crippen molar-refractivity contribution in [2.24, 2.45) is 0 Å². The number of halogens is 1. The Labute approximate surface area is 86.9 Å². The van der Waals surface area contributed by atoms with E-state index in [4.69, 9.17) is 15.1 Å². The molecule has 2 heterocycles. The number of hydrogen-bond acceptors (Lipinski definition) is 4. The van der Waals surface area contributed by atoms with Crippen molar-refractivity contribution in [3.05, 3.63) is 12.1 Å². The minimum absolute atomic E-state index is 0.180. The standard InChI is InChI=1S/C8H10ClNO3S/c9-14(11,12)8-4-3-7(13-8)10-5-1-2-6-10/h3-4H,1-2,5-6H2. The molecule has 0 amide bonds. The summed E-state index contributed by atoms with van der Waals surface area (Å²) in [5.41, 5.74) is 0. The molecule has 4 nitrogen and oxygen atoms in total. The third-order valence-electron chi connectivity index (χ3n) is 2.23. The Morgan fingerprint density at radius 1 is 1.29 bits per heavy atom. The van der Waals surface area contributed by atoms with Gasteiger partial charge in [0.25, 0.3) is 9.05 Å². The summed E-state index contributed by atoms with van der Waals surface area (Å²) in [5.74, 6) is 0.585. The van der Waals surface area contributed by atoms with E-state index in [1.54, 1.807) is 6.07 Å². The summed E-state index contributed by atoms with van der Waals surface area (Å²) in [6.07, 6.45) is 2.23. The smallest absolute Gasteiger partial charge is 0.294 e. The van der Waals surface area contributed by atoms with Crippen molar-refractivity contribution in [2.75, 3.05) is 18.0 Å². The number of hydrogen-bond donors (Lipinski definition) is 0. The van der Waals surface area contributed by atoms with Crippen LogP contribution >= 0.6 is 10.7 Å². The average molecular weight is 236 g/mol. The van der Waals surface area contributed by atoms with Crippen LogP contribution in [0.5, 0.6) is 0 Å². The van der Waals surface area contributed by atoms with Crippen LogP contribution in [0.3, 0.4) is 0 Å². The van der Waals surface area contributed by atoms with Gasteiger partial charge in [-0.1, -0.05) is 0 Å². The molecule has 0 N–H and O–H groups in total. The molecular weight excluding hydrogens is 226 g/mol. The second kappa shape index (κ2) is 3.47. The Morgan fingerprint density at radius 2 is 1.93 bits per heavy atom. The van der Waals surface area contributed by atoms with Crippen molar-refractivity contribution in [2.45, 2.75) is 17.9 Å². The molecule has 1 aliphatic rings. The second-order valence-electron chi connectivity index (χ2n) is 3.22. The molecular formula is C8H10ClNO3S. The largest absolute Gasteiger partial charge is 0.428 e. The molecule has 6 heteroatoms. The fraction of sp³-hybridized carbons (Fsp3) is 0.500. The SMILES string of the molecule is O=S(=O)(Cl)c1ccc(N2CCCC2)o1. The highest BCUT2D eigenvalue weighted by molar-refractivity contribution is 8.13. The number of anilines is 1. The van der Waals surface area contributed by atoms with Crippen molar-refractivity contribution in [1.82, 2.24) is 0 Å². The quantitative estimate of drug-likeness (QED) is 0.734. The van der Waals surface area contributed by atoms with Crippen LogP contribution in [0.2, 0.25) is 0 Å². The van der Waals surface area contributed by atoms with Gasteiger partial charge < -0.3 is 9.32 Å². The van der Waals surface area contributed by atoms with Gasteiger partial charge in [0.15, 0.2) is 5.88 Å². The Hall–Kier alpha value is -0.680. The maximum absolute atomic E-state index is 10.9. The van der Waals surface area contributed by atoms with Gasteiger partial charge in [-0.05, 0) is 18.9 Å². The lowest BCUT2D eigenvalue weighted by Crippen LogP contribution is -2.16. The minimum atomic E-state index is -3.73. The summed E-state index contributed by atoms with van der Waals surface area (Å²) in [7, 11) is 1.41. The summed E-state index contributed by atoms with van der Waals surface area (Å²) in [6.45, 7) is 1.82. The van der Waals surface area contributed by atoms with Gasteiger partial charge in [0.05, 0.1) is 0 Å². The maximum atomic E-state index is 10.9. The first-order chi connectivity index (χ1) is 6.57. The molecule has 1 fully saturated rings. The average Bonchev–Trinajstić information content (AvgIpc) is 2.73. The van der Waals surface area contributed by atoms with Gasteiger partial charge in [0.1, 0.15) is 0 Å². The molecule has 1 aromatic rings. The van der Waals surface area contributed by atoms with E-state index in [0.717, 1.165) is 25.9 Å². The van der Waals surface area contributed by atoms with Crippen molar-refractivity contribution < 1.29 is 12.8 Å². The van der Waals surface area contributed by atoms with Crippen LogP contribution in [0.15, 0.2) is 21.6 Å². The van der Waals surface area contributed by atoms with Crippen molar-refractivity contribution in [1.29, 1.82) is 0 Å². The van der Waals surface area contributed by atoms with E-state index < -0.39 is 9.05 Å². The fourth-order valence-corrected chi connectivity index (χ4v) is 2.21. The molecule has 0 aromatic carbocycles. The van der Waals surface area contributed by atoms with Crippen LogP contribution in [-0.4, -0.2) is 21.5 Å². The number of rotatable bonds is 2. The Morgan fingerprint density at radius 3 is 2.43 bits per heavy atom. The summed E-state index contributed by atoms with van der Waals surface area (Å²) in [5, 5.41) is -0.180. The Balaban J connectivity index is 2.25. The Bertz CT molecular complexity index is 420. The molecule has 1 saturated heterocycles. The molecule has 0 radical (unpaired) electrons. The monoisotopic (exact) mass is 235 g/mol. The molecule has 2 rings (SSSR count). The third-order valence-corrected chi connectivity index (χ3v) is 3.38. The highest BCUT2D eigenvalue weighted by atomic mass is 35.7. The van der Waals surface area contributed by atoms with Crippen LogP contribution in [0.1, 0.15) is 12.8 Å². The molecule has 1 aliphatic heterocycles. The minimum Gasteiger partial charge on any atom is -0.428 e. The van der Waals surface area contributed by atoms with Crippen LogP contribution < -0.4 is 4.90 Å². The fourth-order valence-electron chi connectivity index (χ4n) is 1.55. The summed E-state index contributed by atoms with van der Waals surface area (Å²) >= 11 is 0. The highest BCUT2D eigenvalue weighted by Gasteiger charge is 2.20. The van der Waals surface area contributed by atoms with Crippen molar-refractivity contribution in [3.8, 4) is 0 Å². The van der Waals surface area contributed by atoms with Gasteiger partial charge in [-0.15, -0.1) is 0 Å². The zero-order valence-electron chi connectivity index (χ0n) is 7.44. The maximum Gasteiger partial charge on any atom is 0.294 e. The topological polar surface area (TPSA) is 50.5 Å². The van der Waals surface area contributed by atoms with Gasteiger partial charge in [0.2, 0.25) is 5.09 Å². The van der Waals surface area contributed by atoms with Gasteiger partial charge in [0, 0.05) is 29.8 Å². The second-order valence-corrected chi connectivity index (χ2v) is 5.72. The van der Waals surface area contributed by atoms with Gasteiger partial charge in [-0.2, -0.15) is 0 Å². The van der Waals surface area contributed by atoms with Crippen LogP contribution in [0.4, 0.5) is 5.88 Å². The number of nitrogens with zero attached hydrogens (tertiary/aromatic N) is 1. The molecule has 14 heavy (non-hydrogen) atoms. The summed E-state index contributed by atoms with van der Waals surface area (Å²) in [4.78, 5) is 2.01. The van der Waals surface area contributed by atoms with Gasteiger partial charge >= 0.3 is 0 Å². The molecule has 0 atom stereocenters. The lowest BCUT2D eigenvalue weighted by Gasteiger charge is -2.12. The lowest BCUT2D eigenvalue weighted by molar-refractivity contribution is 0.454. The van der Waals surface area contributed by atoms with E-state index in [-0.39, 0.29) is 5.09 Å². The zero-order chi connectivity index (χ0) is 10.2. The lowest BCUT2D eigenvalue weighted by atomic mass is 10.4.